The predicted molar refractivity (Wildman–Crippen MR) is 47.4 cm³/mol. The van der Waals surface area contributed by atoms with Gasteiger partial charge in [-0.15, -0.1) is 0 Å². The van der Waals surface area contributed by atoms with Gasteiger partial charge < -0.3 is 5.11 Å². The molecule has 1 aliphatic carbocycles. The first-order valence-corrected chi connectivity index (χ1v) is 4.93. The van der Waals surface area contributed by atoms with Crippen LogP contribution in [-0.2, 0) is 4.79 Å². The molecule has 0 heterocycles. The van der Waals surface area contributed by atoms with Crippen molar-refractivity contribution < 1.29 is 23.1 Å². The third-order valence-electron chi connectivity index (χ3n) is 2.66. The molecule has 0 spiro atoms. The predicted octanol–water partition coefficient (Wildman–Crippen LogP) is 1.78. The van der Waals surface area contributed by atoms with Gasteiger partial charge in [0.15, 0.2) is 0 Å². The second-order valence-corrected chi connectivity index (χ2v) is 3.86. The van der Waals surface area contributed by atoms with E-state index in [0.717, 1.165) is 12.8 Å². The highest BCUT2D eigenvalue weighted by Gasteiger charge is 2.34. The molecule has 0 aromatic carbocycles. The molecule has 1 rings (SSSR count). The Morgan fingerprint density at radius 1 is 1.40 bits per heavy atom. The van der Waals surface area contributed by atoms with E-state index >= 15 is 0 Å². The van der Waals surface area contributed by atoms with E-state index in [0.29, 0.717) is 12.8 Å². The number of aliphatic carboxylic acids is 1. The Morgan fingerprint density at radius 3 is 2.33 bits per heavy atom. The summed E-state index contributed by atoms with van der Waals surface area (Å²) in [6.45, 7) is -1.24. The van der Waals surface area contributed by atoms with Crippen LogP contribution in [0.3, 0.4) is 0 Å². The first kappa shape index (κ1) is 12.3. The summed E-state index contributed by atoms with van der Waals surface area (Å²) in [5.74, 6) is -1.35. The summed E-state index contributed by atoms with van der Waals surface area (Å²) >= 11 is 0. The fourth-order valence-electron chi connectivity index (χ4n) is 1.97. The van der Waals surface area contributed by atoms with Gasteiger partial charge in [0.05, 0.1) is 6.54 Å². The molecule has 0 bridgehead atoms. The molecule has 0 aromatic heterocycles. The minimum atomic E-state index is -4.35. The topological polar surface area (TPSA) is 49.3 Å². The van der Waals surface area contributed by atoms with Gasteiger partial charge in [0.1, 0.15) is 6.04 Å². The Balaban J connectivity index is 2.47. The minimum absolute atomic E-state index is 0.162. The Morgan fingerprint density at radius 2 is 1.93 bits per heavy atom. The maximum absolute atomic E-state index is 11.9. The number of alkyl halides is 3. The van der Waals surface area contributed by atoms with E-state index in [9.17, 15) is 18.0 Å². The van der Waals surface area contributed by atoms with Gasteiger partial charge in [-0.2, -0.15) is 13.2 Å². The second-order valence-electron chi connectivity index (χ2n) is 3.86. The molecule has 1 atom stereocenters. The van der Waals surface area contributed by atoms with E-state index in [4.69, 9.17) is 5.11 Å². The number of carbonyl (C=O) groups is 1. The van der Waals surface area contributed by atoms with Gasteiger partial charge in [0.25, 0.3) is 0 Å². The van der Waals surface area contributed by atoms with Crippen molar-refractivity contribution in [3.05, 3.63) is 0 Å². The molecule has 88 valence electrons. The molecule has 0 aliphatic heterocycles. The Kier molecular flexibility index (Phi) is 3.96. The van der Waals surface area contributed by atoms with Gasteiger partial charge in [-0.1, -0.05) is 12.8 Å². The smallest absolute Gasteiger partial charge is 0.401 e. The van der Waals surface area contributed by atoms with E-state index in [2.05, 4.69) is 5.32 Å². The summed E-state index contributed by atoms with van der Waals surface area (Å²) in [7, 11) is 0. The highest BCUT2D eigenvalue weighted by atomic mass is 19.4. The van der Waals surface area contributed by atoms with Crippen LogP contribution < -0.4 is 5.32 Å². The lowest BCUT2D eigenvalue weighted by Gasteiger charge is -2.21. The lowest BCUT2D eigenvalue weighted by molar-refractivity contribution is -0.145. The zero-order valence-electron chi connectivity index (χ0n) is 8.18. The van der Waals surface area contributed by atoms with Gasteiger partial charge >= 0.3 is 12.1 Å². The van der Waals surface area contributed by atoms with Gasteiger partial charge in [-0.25, -0.2) is 0 Å². The van der Waals surface area contributed by atoms with Crippen LogP contribution >= 0.6 is 0 Å². The van der Waals surface area contributed by atoms with Crippen LogP contribution in [0, 0.1) is 5.92 Å². The summed E-state index contributed by atoms with van der Waals surface area (Å²) in [4.78, 5) is 10.8. The molecule has 1 unspecified atom stereocenters. The SMILES string of the molecule is O=C(O)C(NCC(F)(F)F)C1CCCC1. The van der Waals surface area contributed by atoms with Crippen molar-refractivity contribution in [1.82, 2.24) is 5.32 Å². The molecule has 6 heteroatoms. The zero-order chi connectivity index (χ0) is 11.5. The Hall–Kier alpha value is -0.780. The van der Waals surface area contributed by atoms with Gasteiger partial charge in [0, 0.05) is 0 Å². The number of carboxylic acid groups (broad SMARTS) is 1. The third kappa shape index (κ3) is 4.07. The molecular formula is C9H14F3NO2. The summed E-state index contributed by atoms with van der Waals surface area (Å²) in [6, 6.07) is -1.06. The molecule has 0 amide bonds. The van der Waals surface area contributed by atoms with E-state index in [1.807, 2.05) is 0 Å². The van der Waals surface area contributed by atoms with E-state index in [1.54, 1.807) is 0 Å². The Bertz CT molecular complexity index is 224. The highest BCUT2D eigenvalue weighted by molar-refractivity contribution is 5.73. The normalized spacial score (nSPS) is 20.5. The lowest BCUT2D eigenvalue weighted by atomic mass is 9.98. The fraction of sp³-hybridized carbons (Fsp3) is 0.889. The van der Waals surface area contributed by atoms with Crippen molar-refractivity contribution in [3.8, 4) is 0 Å². The Labute approximate surface area is 85.7 Å². The molecule has 0 aromatic rings. The second kappa shape index (κ2) is 4.83. The zero-order valence-corrected chi connectivity index (χ0v) is 8.18. The average molecular weight is 225 g/mol. The molecule has 0 radical (unpaired) electrons. The lowest BCUT2D eigenvalue weighted by Crippen LogP contribution is -2.45. The van der Waals surface area contributed by atoms with Crippen molar-refractivity contribution in [2.24, 2.45) is 5.92 Å². The first-order valence-electron chi connectivity index (χ1n) is 4.93. The van der Waals surface area contributed by atoms with Crippen molar-refractivity contribution in [2.45, 2.75) is 37.9 Å². The van der Waals surface area contributed by atoms with Crippen LogP contribution in [-0.4, -0.2) is 29.8 Å². The van der Waals surface area contributed by atoms with Crippen LogP contribution in [0.4, 0.5) is 13.2 Å². The fourth-order valence-corrected chi connectivity index (χ4v) is 1.97. The maximum Gasteiger partial charge on any atom is 0.401 e. The number of hydrogen-bond acceptors (Lipinski definition) is 2. The van der Waals surface area contributed by atoms with Crippen molar-refractivity contribution in [1.29, 1.82) is 0 Å². The van der Waals surface area contributed by atoms with Crippen LogP contribution in [0.25, 0.3) is 0 Å². The quantitative estimate of drug-likeness (QED) is 0.766. The van der Waals surface area contributed by atoms with Gasteiger partial charge in [-0.3, -0.25) is 10.1 Å². The number of halogens is 3. The van der Waals surface area contributed by atoms with Gasteiger partial charge in [-0.05, 0) is 18.8 Å². The number of carboxylic acids is 1. The van der Waals surface area contributed by atoms with Crippen molar-refractivity contribution >= 4 is 5.97 Å². The molecule has 0 saturated heterocycles. The van der Waals surface area contributed by atoms with Crippen LogP contribution in [0.5, 0.6) is 0 Å². The monoisotopic (exact) mass is 225 g/mol. The largest absolute Gasteiger partial charge is 0.480 e. The third-order valence-corrected chi connectivity index (χ3v) is 2.66. The van der Waals surface area contributed by atoms with Crippen LogP contribution in [0.15, 0.2) is 0 Å². The highest BCUT2D eigenvalue weighted by Crippen LogP contribution is 2.28. The minimum Gasteiger partial charge on any atom is -0.480 e. The van der Waals surface area contributed by atoms with E-state index in [1.165, 1.54) is 0 Å². The summed E-state index contributed by atoms with van der Waals surface area (Å²) in [5, 5.41) is 10.9. The summed E-state index contributed by atoms with van der Waals surface area (Å²) in [6.07, 6.45) is -1.15. The number of nitrogens with one attached hydrogen (secondary N) is 1. The summed E-state index contributed by atoms with van der Waals surface area (Å²) < 4.78 is 35.7. The first-order chi connectivity index (χ1) is 6.90. The van der Waals surface area contributed by atoms with E-state index in [-0.39, 0.29) is 5.92 Å². The van der Waals surface area contributed by atoms with Crippen LogP contribution in [0.1, 0.15) is 25.7 Å². The van der Waals surface area contributed by atoms with Crippen molar-refractivity contribution in [3.63, 3.8) is 0 Å². The molecule has 15 heavy (non-hydrogen) atoms. The maximum atomic E-state index is 11.9. The van der Waals surface area contributed by atoms with Crippen molar-refractivity contribution in [2.75, 3.05) is 6.54 Å². The summed E-state index contributed by atoms with van der Waals surface area (Å²) in [5.41, 5.74) is 0. The standard InChI is InChI=1S/C9H14F3NO2/c10-9(11,12)5-13-7(8(14)15)6-3-1-2-4-6/h6-7,13H,1-5H2,(H,14,15). The molecule has 1 saturated carbocycles. The molecule has 1 aliphatic rings. The molecular weight excluding hydrogens is 211 g/mol. The molecule has 1 fully saturated rings. The number of rotatable bonds is 4. The average Bonchev–Trinajstić information content (AvgIpc) is 2.54. The number of hydrogen-bond donors (Lipinski definition) is 2. The van der Waals surface area contributed by atoms with Gasteiger partial charge in [0.2, 0.25) is 0 Å². The molecule has 2 N–H and O–H groups in total. The van der Waals surface area contributed by atoms with E-state index < -0.39 is 24.7 Å². The molecule has 3 nitrogen and oxygen atoms in total. The van der Waals surface area contributed by atoms with Crippen LogP contribution in [0.2, 0.25) is 0 Å².